The average Bonchev–Trinajstić information content (AvgIpc) is 3.39. The Labute approximate surface area is 192 Å². The van der Waals surface area contributed by atoms with Crippen LogP contribution >= 0.6 is 24.0 Å². The molecule has 1 aromatic rings. The molecule has 1 saturated carbocycles. The second-order valence-corrected chi connectivity index (χ2v) is 7.75. The molecule has 0 spiro atoms. The van der Waals surface area contributed by atoms with Crippen LogP contribution in [-0.4, -0.2) is 69.0 Å². The minimum atomic E-state index is -0.319. The monoisotopic (exact) mass is 519 g/mol. The first-order valence-electron chi connectivity index (χ1n) is 10.4. The molecule has 7 nitrogen and oxygen atoms in total. The molecule has 1 aliphatic rings. The number of rotatable bonds is 9. The van der Waals surface area contributed by atoms with Gasteiger partial charge in [0.25, 0.3) is 0 Å². The zero-order chi connectivity index (χ0) is 20.6. The minimum Gasteiger partial charge on any atom is -0.468 e. The van der Waals surface area contributed by atoms with Crippen LogP contribution in [0.1, 0.15) is 51.3 Å². The molecule has 0 radical (unpaired) electrons. The molecule has 1 amide bonds. The van der Waals surface area contributed by atoms with Gasteiger partial charge in [0.2, 0.25) is 5.91 Å². The predicted molar refractivity (Wildman–Crippen MR) is 129 cm³/mol. The first kappa shape index (κ1) is 25.7. The molecular weight excluding hydrogens is 481 g/mol. The van der Waals surface area contributed by atoms with Crippen molar-refractivity contribution in [2.75, 3.05) is 47.3 Å². The van der Waals surface area contributed by atoms with Gasteiger partial charge in [0.1, 0.15) is 5.76 Å². The van der Waals surface area contributed by atoms with E-state index in [2.05, 4.69) is 34.4 Å². The van der Waals surface area contributed by atoms with Crippen LogP contribution < -0.4 is 10.6 Å². The lowest BCUT2D eigenvalue weighted by atomic mass is 9.84. The summed E-state index contributed by atoms with van der Waals surface area (Å²) in [5, 5.41) is 6.83. The van der Waals surface area contributed by atoms with Crippen LogP contribution in [0, 0.1) is 5.41 Å². The van der Waals surface area contributed by atoms with Crippen LogP contribution in [0.25, 0.3) is 0 Å². The lowest BCUT2D eigenvalue weighted by Gasteiger charge is -2.32. The Morgan fingerprint density at radius 2 is 1.90 bits per heavy atom. The summed E-state index contributed by atoms with van der Waals surface area (Å²) in [6.45, 7) is 7.49. The molecule has 2 rings (SSSR count). The van der Waals surface area contributed by atoms with Gasteiger partial charge in [-0.3, -0.25) is 14.7 Å². The van der Waals surface area contributed by atoms with Crippen molar-refractivity contribution in [2.24, 2.45) is 10.4 Å². The van der Waals surface area contributed by atoms with Gasteiger partial charge in [0, 0.05) is 34.2 Å². The first-order chi connectivity index (χ1) is 13.5. The number of nitrogens with one attached hydrogen (secondary N) is 2. The highest BCUT2D eigenvalue weighted by Gasteiger charge is 2.42. The molecule has 1 fully saturated rings. The third kappa shape index (κ3) is 6.60. The number of amides is 1. The van der Waals surface area contributed by atoms with Crippen molar-refractivity contribution in [1.29, 1.82) is 0 Å². The van der Waals surface area contributed by atoms with E-state index in [1.807, 2.05) is 26.2 Å². The molecule has 8 heteroatoms. The third-order valence-electron chi connectivity index (χ3n) is 5.83. The predicted octanol–water partition coefficient (Wildman–Crippen LogP) is 3.09. The van der Waals surface area contributed by atoms with E-state index in [1.54, 1.807) is 18.2 Å². The quantitative estimate of drug-likeness (QED) is 0.298. The summed E-state index contributed by atoms with van der Waals surface area (Å²) < 4.78 is 5.67. The van der Waals surface area contributed by atoms with E-state index < -0.39 is 0 Å². The molecule has 0 bridgehead atoms. The lowest BCUT2D eigenvalue weighted by molar-refractivity contribution is -0.138. The first-order valence-corrected chi connectivity index (χ1v) is 10.4. The Kier molecular flexibility index (Phi) is 11.0. The number of hydrogen-bond acceptors (Lipinski definition) is 4. The van der Waals surface area contributed by atoms with Crippen LogP contribution in [0.15, 0.2) is 27.8 Å². The topological polar surface area (TPSA) is 73.1 Å². The Balaban J connectivity index is 0.00000420. The maximum absolute atomic E-state index is 12.8. The third-order valence-corrected chi connectivity index (χ3v) is 5.83. The maximum Gasteiger partial charge on any atom is 0.230 e. The Morgan fingerprint density at radius 3 is 2.38 bits per heavy atom. The lowest BCUT2D eigenvalue weighted by Crippen LogP contribution is -2.50. The van der Waals surface area contributed by atoms with E-state index in [9.17, 15) is 4.79 Å². The Hall–Kier alpha value is -1.29. The van der Waals surface area contributed by atoms with Crippen LogP contribution in [0.2, 0.25) is 0 Å². The molecule has 1 aliphatic carbocycles. The fraction of sp³-hybridized carbons (Fsp3) is 0.714. The van der Waals surface area contributed by atoms with Crippen molar-refractivity contribution in [1.82, 2.24) is 20.4 Å². The fourth-order valence-corrected chi connectivity index (χ4v) is 4.21. The molecule has 1 heterocycles. The van der Waals surface area contributed by atoms with Crippen molar-refractivity contribution >= 4 is 35.8 Å². The van der Waals surface area contributed by atoms with Gasteiger partial charge in [0.15, 0.2) is 5.96 Å². The van der Waals surface area contributed by atoms with E-state index in [-0.39, 0.29) is 41.3 Å². The summed E-state index contributed by atoms with van der Waals surface area (Å²) in [6.07, 6.45) is 5.80. The van der Waals surface area contributed by atoms with Crippen LogP contribution in [0.5, 0.6) is 0 Å². The smallest absolute Gasteiger partial charge is 0.230 e. The van der Waals surface area contributed by atoms with Gasteiger partial charge in [-0.25, -0.2) is 0 Å². The summed E-state index contributed by atoms with van der Waals surface area (Å²) in [5.74, 6) is 1.88. The van der Waals surface area contributed by atoms with Gasteiger partial charge in [-0.1, -0.05) is 26.7 Å². The summed E-state index contributed by atoms with van der Waals surface area (Å²) in [7, 11) is 5.45. The summed E-state index contributed by atoms with van der Waals surface area (Å²) in [6, 6.07) is 4.08. The Morgan fingerprint density at radius 1 is 1.24 bits per heavy atom. The summed E-state index contributed by atoms with van der Waals surface area (Å²) in [4.78, 5) is 21.2. The van der Waals surface area contributed by atoms with Gasteiger partial charge in [0.05, 0.1) is 17.7 Å². The molecule has 29 heavy (non-hydrogen) atoms. The van der Waals surface area contributed by atoms with Crippen molar-refractivity contribution in [2.45, 2.75) is 45.6 Å². The SMILES string of the molecule is CCN(CC)C(CNC(=NC)NCC1(C(=O)N(C)C)CCCC1)c1ccco1.I. The molecule has 0 aliphatic heterocycles. The molecule has 1 aromatic heterocycles. The molecule has 1 unspecified atom stereocenters. The number of furan rings is 1. The van der Waals surface area contributed by atoms with Crippen LogP contribution in [0.4, 0.5) is 0 Å². The minimum absolute atomic E-state index is 0. The zero-order valence-electron chi connectivity index (χ0n) is 18.5. The Bertz CT molecular complexity index is 623. The van der Waals surface area contributed by atoms with E-state index in [1.165, 1.54) is 0 Å². The largest absolute Gasteiger partial charge is 0.468 e. The second-order valence-electron chi connectivity index (χ2n) is 7.75. The highest BCUT2D eigenvalue weighted by atomic mass is 127. The molecule has 0 aromatic carbocycles. The average molecular weight is 519 g/mol. The summed E-state index contributed by atoms with van der Waals surface area (Å²) in [5.41, 5.74) is -0.319. The fourth-order valence-electron chi connectivity index (χ4n) is 4.21. The van der Waals surface area contributed by atoms with Gasteiger partial charge in [-0.15, -0.1) is 24.0 Å². The number of hydrogen-bond donors (Lipinski definition) is 2. The van der Waals surface area contributed by atoms with Crippen LogP contribution in [0.3, 0.4) is 0 Å². The van der Waals surface area contributed by atoms with Crippen molar-refractivity contribution in [3.8, 4) is 0 Å². The van der Waals surface area contributed by atoms with E-state index in [4.69, 9.17) is 4.42 Å². The van der Waals surface area contributed by atoms with Crippen molar-refractivity contribution in [3.05, 3.63) is 24.2 Å². The maximum atomic E-state index is 12.8. The molecule has 0 saturated heterocycles. The van der Waals surface area contributed by atoms with Gasteiger partial charge in [-0.2, -0.15) is 0 Å². The van der Waals surface area contributed by atoms with E-state index in [0.717, 1.165) is 50.5 Å². The van der Waals surface area contributed by atoms with E-state index in [0.29, 0.717) is 13.1 Å². The second kappa shape index (κ2) is 12.4. The van der Waals surface area contributed by atoms with Gasteiger partial charge >= 0.3 is 0 Å². The van der Waals surface area contributed by atoms with Gasteiger partial charge < -0.3 is 20.0 Å². The zero-order valence-corrected chi connectivity index (χ0v) is 20.9. The standard InChI is InChI=1S/C21H37N5O2.HI/c1-6-26(7-2)17(18-11-10-14-28-18)15-23-20(22-3)24-16-21(12-8-9-13-21)19(27)25(4)5;/h10-11,14,17H,6-9,12-13,15-16H2,1-5H3,(H2,22,23,24);1H. The normalized spacial score (nSPS) is 17.0. The number of nitrogens with zero attached hydrogens (tertiary/aromatic N) is 3. The van der Waals surface area contributed by atoms with E-state index >= 15 is 0 Å². The molecule has 2 N–H and O–H groups in total. The highest BCUT2D eigenvalue weighted by Crippen LogP contribution is 2.38. The molecular formula is C21H38IN5O2. The molecule has 1 atom stereocenters. The van der Waals surface area contributed by atoms with Crippen molar-refractivity contribution < 1.29 is 9.21 Å². The van der Waals surface area contributed by atoms with Crippen molar-refractivity contribution in [3.63, 3.8) is 0 Å². The molecule has 166 valence electrons. The highest BCUT2D eigenvalue weighted by molar-refractivity contribution is 14.0. The number of halogens is 1. The number of aliphatic imine (C=N–C) groups is 1. The number of likely N-dealkylation sites (N-methyl/N-ethyl adjacent to an activating group) is 1. The van der Waals surface area contributed by atoms with Gasteiger partial charge in [-0.05, 0) is 38.1 Å². The summed E-state index contributed by atoms with van der Waals surface area (Å²) >= 11 is 0. The number of carbonyl (C=O) groups excluding carboxylic acids is 1. The number of carbonyl (C=O) groups is 1. The number of guanidine groups is 1. The van der Waals surface area contributed by atoms with Crippen LogP contribution in [-0.2, 0) is 4.79 Å².